The number of nitrogens with two attached hydrogens (primary N) is 1. The van der Waals surface area contributed by atoms with Crippen molar-refractivity contribution in [1.29, 1.82) is 0 Å². The molecule has 0 bridgehead atoms. The Kier molecular flexibility index (Phi) is 5.60. The lowest BCUT2D eigenvalue weighted by Crippen LogP contribution is -2.46. The smallest absolute Gasteiger partial charge is 0.135 e. The van der Waals surface area contributed by atoms with Gasteiger partial charge in [-0.2, -0.15) is 5.10 Å². The molecule has 4 aromatic rings. The molecule has 0 amide bonds. The number of hydrogen-bond donors (Lipinski definition) is 1. The van der Waals surface area contributed by atoms with Gasteiger partial charge in [0.2, 0.25) is 0 Å². The summed E-state index contributed by atoms with van der Waals surface area (Å²) in [7, 11) is 0. The highest BCUT2D eigenvalue weighted by Crippen LogP contribution is 2.32. The van der Waals surface area contributed by atoms with Crippen LogP contribution >= 0.6 is 0 Å². The molecule has 32 heavy (non-hydrogen) atoms. The van der Waals surface area contributed by atoms with Crippen molar-refractivity contribution < 1.29 is 4.39 Å². The number of rotatable bonds is 5. The van der Waals surface area contributed by atoms with Crippen LogP contribution in [0.2, 0.25) is 0 Å². The highest BCUT2D eigenvalue weighted by Gasteiger charge is 2.23. The maximum atomic E-state index is 13.4. The van der Waals surface area contributed by atoms with E-state index in [0.29, 0.717) is 12.4 Å². The minimum Gasteiger partial charge on any atom is -0.383 e. The largest absolute Gasteiger partial charge is 0.383 e. The highest BCUT2D eigenvalue weighted by atomic mass is 19.1. The van der Waals surface area contributed by atoms with Crippen LogP contribution in [-0.2, 0) is 6.54 Å². The van der Waals surface area contributed by atoms with E-state index in [0.717, 1.165) is 48.7 Å². The molecule has 1 saturated heterocycles. The van der Waals surface area contributed by atoms with E-state index in [2.05, 4.69) is 46.2 Å². The number of halogens is 1. The molecule has 6 heteroatoms. The molecular weight excluding hydrogens is 401 g/mol. The number of aromatic nitrogens is 2. The van der Waals surface area contributed by atoms with Gasteiger partial charge >= 0.3 is 0 Å². The van der Waals surface area contributed by atoms with E-state index in [1.165, 1.54) is 17.8 Å². The fraction of sp³-hybridized carbons (Fsp3) is 0.192. The van der Waals surface area contributed by atoms with Crippen molar-refractivity contribution in [1.82, 2.24) is 14.7 Å². The van der Waals surface area contributed by atoms with Gasteiger partial charge in [-0.05, 0) is 42.0 Å². The number of hydrogen-bond acceptors (Lipinski definition) is 4. The van der Waals surface area contributed by atoms with Gasteiger partial charge in [0, 0.05) is 44.0 Å². The van der Waals surface area contributed by atoms with Crippen LogP contribution in [-0.4, -0.2) is 40.9 Å². The van der Waals surface area contributed by atoms with E-state index < -0.39 is 0 Å². The van der Waals surface area contributed by atoms with Crippen LogP contribution in [0.3, 0.4) is 0 Å². The van der Waals surface area contributed by atoms with E-state index in [-0.39, 0.29) is 5.82 Å². The highest BCUT2D eigenvalue weighted by molar-refractivity contribution is 5.77. The van der Waals surface area contributed by atoms with Crippen LogP contribution < -0.4 is 10.6 Å². The van der Waals surface area contributed by atoms with Gasteiger partial charge in [0.1, 0.15) is 11.6 Å². The van der Waals surface area contributed by atoms with Gasteiger partial charge in [-0.25, -0.2) is 9.07 Å². The van der Waals surface area contributed by atoms with Crippen LogP contribution in [0.25, 0.3) is 16.8 Å². The molecule has 1 aliphatic heterocycles. The van der Waals surface area contributed by atoms with Crippen molar-refractivity contribution in [3.63, 3.8) is 0 Å². The summed E-state index contributed by atoms with van der Waals surface area (Å²) in [6.45, 7) is 4.56. The Hall–Kier alpha value is -3.64. The van der Waals surface area contributed by atoms with Crippen LogP contribution in [0.4, 0.5) is 15.9 Å². The molecule has 0 radical (unpaired) electrons. The average Bonchev–Trinajstić information content (AvgIpc) is 3.16. The van der Waals surface area contributed by atoms with Crippen LogP contribution in [0.1, 0.15) is 5.69 Å². The minimum atomic E-state index is -0.278. The third-order valence-corrected chi connectivity index (χ3v) is 5.99. The lowest BCUT2D eigenvalue weighted by molar-refractivity contribution is 0.247. The van der Waals surface area contributed by atoms with Gasteiger partial charge in [-0.3, -0.25) is 4.90 Å². The Morgan fingerprint density at radius 1 is 0.750 bits per heavy atom. The average molecular weight is 428 g/mol. The van der Waals surface area contributed by atoms with Crippen LogP contribution in [0.5, 0.6) is 0 Å². The second kappa shape index (κ2) is 8.85. The van der Waals surface area contributed by atoms with Gasteiger partial charge in [-0.1, -0.05) is 48.5 Å². The molecule has 3 aromatic carbocycles. The van der Waals surface area contributed by atoms with Crippen LogP contribution in [0.15, 0.2) is 84.9 Å². The number of nitrogen functional groups attached to an aromatic ring is 1. The maximum Gasteiger partial charge on any atom is 0.135 e. The fourth-order valence-electron chi connectivity index (χ4n) is 4.30. The van der Waals surface area contributed by atoms with Crippen molar-refractivity contribution in [3.05, 3.63) is 96.4 Å². The molecule has 1 aromatic heterocycles. The predicted octanol–water partition coefficient (Wildman–Crippen LogP) is 4.58. The summed E-state index contributed by atoms with van der Waals surface area (Å²) in [5.41, 5.74) is 11.5. The Labute approximate surface area is 187 Å². The number of para-hydroxylation sites is 1. The van der Waals surface area contributed by atoms with Gasteiger partial charge in [0.05, 0.1) is 11.4 Å². The van der Waals surface area contributed by atoms with E-state index in [1.807, 2.05) is 24.3 Å². The summed E-state index contributed by atoms with van der Waals surface area (Å²) in [6, 6.07) is 26.9. The molecule has 2 heterocycles. The fourth-order valence-corrected chi connectivity index (χ4v) is 4.30. The molecule has 0 unspecified atom stereocenters. The monoisotopic (exact) mass is 427 g/mol. The third kappa shape index (κ3) is 4.09. The molecule has 0 atom stereocenters. The lowest BCUT2D eigenvalue weighted by Gasteiger charge is -2.35. The molecule has 0 aliphatic carbocycles. The number of nitrogens with zero attached hydrogens (tertiary/aromatic N) is 4. The first-order chi connectivity index (χ1) is 15.7. The van der Waals surface area contributed by atoms with Crippen molar-refractivity contribution in [2.24, 2.45) is 0 Å². The second-order valence-electron chi connectivity index (χ2n) is 8.06. The summed E-state index contributed by atoms with van der Waals surface area (Å²) >= 11 is 0. The summed E-state index contributed by atoms with van der Waals surface area (Å²) in [4.78, 5) is 4.84. The summed E-state index contributed by atoms with van der Waals surface area (Å²) in [5, 5.41) is 4.87. The first-order valence-electron chi connectivity index (χ1n) is 10.9. The van der Waals surface area contributed by atoms with Crippen molar-refractivity contribution in [2.75, 3.05) is 36.8 Å². The molecule has 2 N–H and O–H groups in total. The topological polar surface area (TPSA) is 50.3 Å². The third-order valence-electron chi connectivity index (χ3n) is 5.99. The Balaban J connectivity index is 1.42. The second-order valence-corrected chi connectivity index (χ2v) is 8.06. The van der Waals surface area contributed by atoms with Crippen LogP contribution in [0, 0.1) is 5.82 Å². The molecule has 162 valence electrons. The Morgan fingerprint density at radius 2 is 1.38 bits per heavy atom. The van der Waals surface area contributed by atoms with E-state index >= 15 is 0 Å². The number of anilines is 2. The molecular formula is C26H26FN5. The van der Waals surface area contributed by atoms with Crippen molar-refractivity contribution in [2.45, 2.75) is 6.54 Å². The first-order valence-corrected chi connectivity index (χ1v) is 10.9. The van der Waals surface area contributed by atoms with E-state index in [1.54, 1.807) is 16.8 Å². The zero-order valence-corrected chi connectivity index (χ0v) is 17.9. The number of benzene rings is 3. The van der Waals surface area contributed by atoms with Gasteiger partial charge in [0.25, 0.3) is 0 Å². The summed E-state index contributed by atoms with van der Waals surface area (Å²) < 4.78 is 15.2. The Bertz CT molecular complexity index is 1160. The number of piperazine rings is 1. The lowest BCUT2D eigenvalue weighted by atomic mass is 10.0. The maximum absolute atomic E-state index is 13.4. The summed E-state index contributed by atoms with van der Waals surface area (Å²) in [6.07, 6.45) is 0. The zero-order chi connectivity index (χ0) is 21.9. The molecule has 5 rings (SSSR count). The quantitative estimate of drug-likeness (QED) is 0.506. The molecule has 0 spiro atoms. The molecule has 5 nitrogen and oxygen atoms in total. The SMILES string of the molecule is Nc1c(-c2ccccc2)c(CN2CCN(c3ccccc3)CC2)nn1-c1ccc(F)cc1. The Morgan fingerprint density at radius 3 is 2.03 bits per heavy atom. The minimum absolute atomic E-state index is 0.278. The first kappa shape index (κ1) is 20.3. The van der Waals surface area contributed by atoms with Crippen molar-refractivity contribution >= 4 is 11.5 Å². The zero-order valence-electron chi connectivity index (χ0n) is 17.9. The van der Waals surface area contributed by atoms with Gasteiger partial charge in [0.15, 0.2) is 0 Å². The standard InChI is InChI=1S/C26H26FN5/c27-21-11-13-23(14-12-21)32-26(28)25(20-7-3-1-4-8-20)24(29-32)19-30-15-17-31(18-16-30)22-9-5-2-6-10-22/h1-14H,15-19,28H2. The normalized spacial score (nSPS) is 14.6. The van der Waals surface area contributed by atoms with E-state index in [9.17, 15) is 4.39 Å². The van der Waals surface area contributed by atoms with E-state index in [4.69, 9.17) is 10.8 Å². The van der Waals surface area contributed by atoms with Gasteiger partial charge < -0.3 is 10.6 Å². The predicted molar refractivity (Wildman–Crippen MR) is 127 cm³/mol. The molecule has 0 saturated carbocycles. The summed E-state index contributed by atoms with van der Waals surface area (Å²) in [5.74, 6) is 0.292. The molecule has 1 fully saturated rings. The van der Waals surface area contributed by atoms with Gasteiger partial charge in [-0.15, -0.1) is 0 Å². The van der Waals surface area contributed by atoms with Crippen molar-refractivity contribution in [3.8, 4) is 16.8 Å². The molecule has 1 aliphatic rings.